The Kier molecular flexibility index (Phi) is 3.57. The van der Waals surface area contributed by atoms with Gasteiger partial charge in [0.05, 0.1) is 25.2 Å². The number of nitrogens with zero attached hydrogens (tertiary/aromatic N) is 2. The van der Waals surface area contributed by atoms with E-state index < -0.39 is 12.0 Å². The molecule has 6 nitrogen and oxygen atoms in total. The third kappa shape index (κ3) is 2.26. The van der Waals surface area contributed by atoms with E-state index in [1.807, 2.05) is 4.90 Å². The van der Waals surface area contributed by atoms with E-state index in [4.69, 9.17) is 4.74 Å². The van der Waals surface area contributed by atoms with E-state index in [1.165, 1.54) is 6.33 Å². The predicted molar refractivity (Wildman–Crippen MR) is 59.1 cm³/mol. The third-order valence-corrected chi connectivity index (χ3v) is 3.17. The smallest absolute Gasteiger partial charge is 0.327 e. The standard InChI is InChI=1S/C9H12BrN3O3/c10-8-6(11-5-12-8)7(9(14)15)13-1-3-16-4-2-13/h5,7H,1-4H2,(H,11,12)(H,14,15). The molecule has 2 heterocycles. The summed E-state index contributed by atoms with van der Waals surface area (Å²) in [6, 6.07) is -0.694. The zero-order valence-electron chi connectivity index (χ0n) is 8.52. The number of H-pyrrole nitrogens is 1. The van der Waals surface area contributed by atoms with Gasteiger partial charge in [0.2, 0.25) is 0 Å². The number of imidazole rings is 1. The van der Waals surface area contributed by atoms with Gasteiger partial charge in [-0.3, -0.25) is 9.69 Å². The fourth-order valence-corrected chi connectivity index (χ4v) is 2.21. The number of carboxylic acid groups (broad SMARTS) is 1. The summed E-state index contributed by atoms with van der Waals surface area (Å²) in [5.41, 5.74) is 0.578. The Labute approximate surface area is 101 Å². The van der Waals surface area contributed by atoms with Crippen LogP contribution in [0.25, 0.3) is 0 Å². The van der Waals surface area contributed by atoms with Crippen molar-refractivity contribution in [2.45, 2.75) is 6.04 Å². The maximum absolute atomic E-state index is 11.3. The number of aromatic nitrogens is 2. The molecule has 1 aromatic heterocycles. The summed E-state index contributed by atoms with van der Waals surface area (Å²) >= 11 is 3.24. The second kappa shape index (κ2) is 4.94. The van der Waals surface area contributed by atoms with Crippen LogP contribution in [-0.2, 0) is 9.53 Å². The molecule has 16 heavy (non-hydrogen) atoms. The van der Waals surface area contributed by atoms with Crippen molar-refractivity contribution in [1.29, 1.82) is 0 Å². The number of aliphatic carboxylic acids is 1. The molecule has 1 aliphatic heterocycles. The molecule has 88 valence electrons. The van der Waals surface area contributed by atoms with Crippen LogP contribution in [0.15, 0.2) is 10.9 Å². The molecule has 1 saturated heterocycles. The first-order valence-electron chi connectivity index (χ1n) is 4.93. The second-order valence-corrected chi connectivity index (χ2v) is 4.25. The number of hydrogen-bond donors (Lipinski definition) is 2. The summed E-state index contributed by atoms with van der Waals surface area (Å²) in [6.07, 6.45) is 1.48. The molecule has 1 aliphatic rings. The summed E-state index contributed by atoms with van der Waals surface area (Å²) in [5, 5.41) is 9.27. The molecule has 0 aromatic carbocycles. The number of morpholine rings is 1. The molecule has 0 spiro atoms. The maximum atomic E-state index is 11.3. The Hall–Kier alpha value is -0.920. The largest absolute Gasteiger partial charge is 0.480 e. The molecular formula is C9H12BrN3O3. The molecule has 1 atom stereocenters. The van der Waals surface area contributed by atoms with Gasteiger partial charge in [-0.1, -0.05) is 0 Å². The van der Waals surface area contributed by atoms with E-state index in [9.17, 15) is 9.90 Å². The lowest BCUT2D eigenvalue weighted by Gasteiger charge is -2.31. The highest BCUT2D eigenvalue weighted by atomic mass is 79.9. The first-order valence-corrected chi connectivity index (χ1v) is 5.73. The summed E-state index contributed by atoms with van der Waals surface area (Å²) in [5.74, 6) is -0.883. The van der Waals surface area contributed by atoms with Gasteiger partial charge in [-0.15, -0.1) is 0 Å². The van der Waals surface area contributed by atoms with Gasteiger partial charge in [0.1, 0.15) is 4.60 Å². The van der Waals surface area contributed by atoms with Crippen LogP contribution in [-0.4, -0.2) is 52.2 Å². The lowest BCUT2D eigenvalue weighted by atomic mass is 10.2. The number of ether oxygens (including phenoxy) is 1. The lowest BCUT2D eigenvalue weighted by molar-refractivity contribution is -0.145. The van der Waals surface area contributed by atoms with E-state index in [0.29, 0.717) is 36.6 Å². The van der Waals surface area contributed by atoms with Gasteiger partial charge in [-0.25, -0.2) is 4.98 Å². The summed E-state index contributed by atoms with van der Waals surface area (Å²) in [6.45, 7) is 2.36. The first-order chi connectivity index (χ1) is 7.70. The molecule has 0 saturated carbocycles. The molecule has 2 N–H and O–H groups in total. The van der Waals surface area contributed by atoms with Crippen molar-refractivity contribution in [1.82, 2.24) is 14.9 Å². The molecule has 1 fully saturated rings. The van der Waals surface area contributed by atoms with Gasteiger partial charge < -0.3 is 14.8 Å². The molecule has 0 amide bonds. The molecule has 7 heteroatoms. The number of carbonyl (C=O) groups is 1. The maximum Gasteiger partial charge on any atom is 0.327 e. The Balaban J connectivity index is 2.23. The summed E-state index contributed by atoms with van der Waals surface area (Å²) in [7, 11) is 0. The van der Waals surface area contributed by atoms with Crippen molar-refractivity contribution in [2.75, 3.05) is 26.3 Å². The van der Waals surface area contributed by atoms with Crippen molar-refractivity contribution in [3.8, 4) is 0 Å². The van der Waals surface area contributed by atoms with Crippen molar-refractivity contribution >= 4 is 21.9 Å². The molecule has 0 radical (unpaired) electrons. The minimum Gasteiger partial charge on any atom is -0.480 e. The van der Waals surface area contributed by atoms with Crippen molar-refractivity contribution in [3.05, 3.63) is 16.6 Å². The van der Waals surface area contributed by atoms with Crippen LogP contribution in [0.4, 0.5) is 0 Å². The second-order valence-electron chi connectivity index (χ2n) is 3.50. The SMILES string of the molecule is O=C(O)C(c1[nH]cnc1Br)N1CCOCC1. The van der Waals surface area contributed by atoms with Crippen LogP contribution in [0, 0.1) is 0 Å². The van der Waals surface area contributed by atoms with Crippen LogP contribution in [0.1, 0.15) is 11.7 Å². The minimum absolute atomic E-state index is 0.548. The van der Waals surface area contributed by atoms with Crippen LogP contribution in [0.3, 0.4) is 0 Å². The molecular weight excluding hydrogens is 278 g/mol. The number of hydrogen-bond acceptors (Lipinski definition) is 4. The number of nitrogens with one attached hydrogen (secondary N) is 1. The van der Waals surface area contributed by atoms with Gasteiger partial charge in [0, 0.05) is 13.1 Å². The van der Waals surface area contributed by atoms with Crippen molar-refractivity contribution < 1.29 is 14.6 Å². The van der Waals surface area contributed by atoms with Gasteiger partial charge >= 0.3 is 5.97 Å². The first kappa shape index (κ1) is 11.6. The van der Waals surface area contributed by atoms with Crippen molar-refractivity contribution in [3.63, 3.8) is 0 Å². The fraction of sp³-hybridized carbons (Fsp3) is 0.556. The lowest BCUT2D eigenvalue weighted by Crippen LogP contribution is -2.42. The van der Waals surface area contributed by atoms with Crippen molar-refractivity contribution in [2.24, 2.45) is 0 Å². The fourth-order valence-electron chi connectivity index (χ4n) is 1.78. The van der Waals surface area contributed by atoms with Gasteiger partial charge in [-0.05, 0) is 15.9 Å². The van der Waals surface area contributed by atoms with Gasteiger partial charge in [-0.2, -0.15) is 0 Å². The van der Waals surface area contributed by atoms with E-state index in [0.717, 1.165) is 0 Å². The van der Waals surface area contributed by atoms with Gasteiger partial charge in [0.25, 0.3) is 0 Å². The van der Waals surface area contributed by atoms with Crippen LogP contribution >= 0.6 is 15.9 Å². The third-order valence-electron chi connectivity index (χ3n) is 2.54. The molecule has 0 aliphatic carbocycles. The normalized spacial score (nSPS) is 19.6. The number of aromatic amines is 1. The summed E-state index contributed by atoms with van der Waals surface area (Å²) < 4.78 is 5.75. The van der Waals surface area contributed by atoms with E-state index in [1.54, 1.807) is 0 Å². The number of halogens is 1. The van der Waals surface area contributed by atoms with Crippen LogP contribution in [0.5, 0.6) is 0 Å². The zero-order chi connectivity index (χ0) is 11.5. The zero-order valence-corrected chi connectivity index (χ0v) is 10.1. The van der Waals surface area contributed by atoms with E-state index >= 15 is 0 Å². The van der Waals surface area contributed by atoms with E-state index in [-0.39, 0.29) is 0 Å². The minimum atomic E-state index is -0.883. The Morgan fingerprint density at radius 3 is 2.81 bits per heavy atom. The average Bonchev–Trinajstić information content (AvgIpc) is 2.66. The quantitative estimate of drug-likeness (QED) is 0.853. The Morgan fingerprint density at radius 2 is 2.31 bits per heavy atom. The highest BCUT2D eigenvalue weighted by Crippen LogP contribution is 2.25. The number of carboxylic acids is 1. The monoisotopic (exact) mass is 289 g/mol. The highest BCUT2D eigenvalue weighted by molar-refractivity contribution is 9.10. The predicted octanol–water partition coefficient (Wildman–Crippen LogP) is 0.630. The molecule has 2 rings (SSSR count). The Bertz CT molecular complexity index is 376. The highest BCUT2D eigenvalue weighted by Gasteiger charge is 2.31. The topological polar surface area (TPSA) is 78.4 Å². The van der Waals surface area contributed by atoms with Crippen LogP contribution in [0.2, 0.25) is 0 Å². The molecule has 0 bridgehead atoms. The van der Waals surface area contributed by atoms with Crippen LogP contribution < -0.4 is 0 Å². The van der Waals surface area contributed by atoms with E-state index in [2.05, 4.69) is 25.9 Å². The summed E-state index contributed by atoms with van der Waals surface area (Å²) in [4.78, 5) is 20.0. The van der Waals surface area contributed by atoms with Gasteiger partial charge in [0.15, 0.2) is 6.04 Å². The molecule has 1 unspecified atom stereocenters. The Morgan fingerprint density at radius 1 is 1.62 bits per heavy atom. The molecule has 1 aromatic rings. The number of rotatable bonds is 3. The average molecular weight is 290 g/mol.